The molecule has 2 aromatic carbocycles. The molecular weight excluding hydrogens is 598 g/mol. The molecule has 5 amide bonds. The van der Waals surface area contributed by atoms with Crippen molar-refractivity contribution in [2.75, 3.05) is 36.9 Å². The lowest BCUT2D eigenvalue weighted by molar-refractivity contribution is -0.137. The van der Waals surface area contributed by atoms with Crippen molar-refractivity contribution in [3.63, 3.8) is 0 Å². The molecule has 45 heavy (non-hydrogen) atoms. The van der Waals surface area contributed by atoms with E-state index in [1.54, 1.807) is 24.3 Å². The van der Waals surface area contributed by atoms with Crippen LogP contribution in [0.4, 0.5) is 33.7 Å². The van der Waals surface area contributed by atoms with Gasteiger partial charge in [0, 0.05) is 49.9 Å². The molecule has 14 heteroatoms. The molecule has 2 N–H and O–H groups in total. The van der Waals surface area contributed by atoms with E-state index < -0.39 is 52.6 Å². The molecule has 3 fully saturated rings. The van der Waals surface area contributed by atoms with Gasteiger partial charge in [0.15, 0.2) is 0 Å². The van der Waals surface area contributed by atoms with Gasteiger partial charge < -0.3 is 20.3 Å². The minimum absolute atomic E-state index is 0.0220. The number of imide groups is 1. The number of carbonyl (C=O) groups is 5. The number of nitrogens with zero attached hydrogens (tertiary/aromatic N) is 3. The van der Waals surface area contributed by atoms with E-state index in [1.807, 2.05) is 4.90 Å². The van der Waals surface area contributed by atoms with Gasteiger partial charge >= 0.3 is 12.2 Å². The zero-order chi connectivity index (χ0) is 32.7. The number of likely N-dealkylation sites (N-methyl/N-ethyl adjacent to an activating group) is 1. The summed E-state index contributed by atoms with van der Waals surface area (Å²) in [5, 5.41) is 5.35. The van der Waals surface area contributed by atoms with E-state index in [9.17, 15) is 41.5 Å². The van der Waals surface area contributed by atoms with Gasteiger partial charge in [-0.1, -0.05) is 6.92 Å². The highest BCUT2D eigenvalue weighted by Crippen LogP contribution is 2.41. The molecule has 1 aliphatic carbocycles. The lowest BCUT2D eigenvalue weighted by Gasteiger charge is -2.43. The number of likely N-dealkylation sites (tertiary alicyclic amines) is 1. The standard InChI is InChI=1S/C31H33F4N5O5/c1-18(17-41)25(37-27(43)23-15-20(31(33,34)35)5-10-24(23)32)16-39-13-11-30(12-14-39)28(44)38(2)29(45)40(30)22-8-6-21(7-9-22)36-26(42)19-3-4-19/h5-10,15,17-19,25H,3-4,11-14,16H2,1-2H3,(H,36,42)(H,37,43)/t18?,25-/m0/s1. The second kappa shape index (κ2) is 12.2. The average Bonchev–Trinajstić information content (AvgIpc) is 3.84. The summed E-state index contributed by atoms with van der Waals surface area (Å²) < 4.78 is 53.9. The summed E-state index contributed by atoms with van der Waals surface area (Å²) in [5.41, 5.74) is -2.10. The highest BCUT2D eigenvalue weighted by atomic mass is 19.4. The number of aldehydes is 1. The van der Waals surface area contributed by atoms with Crippen LogP contribution in [0, 0.1) is 17.7 Å². The Balaban J connectivity index is 1.29. The number of hydrogen-bond acceptors (Lipinski definition) is 6. The minimum atomic E-state index is -4.78. The van der Waals surface area contributed by atoms with Crippen molar-refractivity contribution in [3.05, 3.63) is 59.4 Å². The van der Waals surface area contributed by atoms with E-state index in [0.29, 0.717) is 35.9 Å². The Morgan fingerprint density at radius 3 is 2.29 bits per heavy atom. The molecule has 0 radical (unpaired) electrons. The smallest absolute Gasteiger partial charge is 0.347 e. The maximum atomic E-state index is 14.4. The molecular formula is C31H33F4N5O5. The molecule has 1 spiro atoms. The first-order valence-electron chi connectivity index (χ1n) is 14.6. The third-order valence-electron chi connectivity index (χ3n) is 8.79. The van der Waals surface area contributed by atoms with Crippen LogP contribution >= 0.6 is 0 Å². The average molecular weight is 632 g/mol. The second-order valence-corrected chi connectivity index (χ2v) is 11.9. The Morgan fingerprint density at radius 2 is 1.71 bits per heavy atom. The monoisotopic (exact) mass is 631 g/mol. The number of rotatable bonds is 9. The number of nitrogens with one attached hydrogen (secondary N) is 2. The van der Waals surface area contributed by atoms with Crippen LogP contribution in [-0.2, 0) is 20.6 Å². The quantitative estimate of drug-likeness (QED) is 0.245. The van der Waals surface area contributed by atoms with Crippen LogP contribution in [0.25, 0.3) is 0 Å². The molecule has 1 unspecified atom stereocenters. The molecule has 3 aliphatic rings. The molecule has 10 nitrogen and oxygen atoms in total. The first-order chi connectivity index (χ1) is 21.2. The van der Waals surface area contributed by atoms with Crippen molar-refractivity contribution in [1.29, 1.82) is 0 Å². The summed E-state index contributed by atoms with van der Waals surface area (Å²) >= 11 is 0. The summed E-state index contributed by atoms with van der Waals surface area (Å²) in [4.78, 5) is 67.8. The maximum absolute atomic E-state index is 14.4. The fourth-order valence-corrected chi connectivity index (χ4v) is 5.85. The largest absolute Gasteiger partial charge is 0.416 e. The number of anilines is 2. The highest BCUT2D eigenvalue weighted by molar-refractivity contribution is 6.16. The van der Waals surface area contributed by atoms with Crippen molar-refractivity contribution in [2.24, 2.45) is 11.8 Å². The van der Waals surface area contributed by atoms with Gasteiger partial charge in [-0.2, -0.15) is 13.2 Å². The predicted octanol–water partition coefficient (Wildman–Crippen LogP) is 4.06. The number of hydrogen-bond donors (Lipinski definition) is 2. The second-order valence-electron chi connectivity index (χ2n) is 11.9. The Bertz CT molecular complexity index is 1500. The normalized spacial score (nSPS) is 19.9. The van der Waals surface area contributed by atoms with Gasteiger partial charge in [-0.3, -0.25) is 24.2 Å². The van der Waals surface area contributed by atoms with Crippen LogP contribution in [-0.4, -0.2) is 78.1 Å². The highest BCUT2D eigenvalue weighted by Gasteiger charge is 2.57. The number of piperidine rings is 1. The van der Waals surface area contributed by atoms with Gasteiger partial charge in [0.05, 0.1) is 17.2 Å². The Hall–Kier alpha value is -4.33. The Kier molecular flexibility index (Phi) is 8.71. The molecule has 5 rings (SSSR count). The van der Waals surface area contributed by atoms with Crippen molar-refractivity contribution < 1.29 is 41.5 Å². The lowest BCUT2D eigenvalue weighted by atomic mass is 9.85. The predicted molar refractivity (Wildman–Crippen MR) is 155 cm³/mol. The molecule has 240 valence electrons. The van der Waals surface area contributed by atoms with Crippen LogP contribution in [0.2, 0.25) is 0 Å². The number of urea groups is 1. The van der Waals surface area contributed by atoms with Crippen molar-refractivity contribution in [1.82, 2.24) is 15.1 Å². The zero-order valence-electron chi connectivity index (χ0n) is 24.7. The van der Waals surface area contributed by atoms with Crippen LogP contribution < -0.4 is 15.5 Å². The number of halogens is 4. The number of amides is 5. The molecule has 1 saturated carbocycles. The summed E-state index contributed by atoms with van der Waals surface area (Å²) in [5.74, 6) is -3.40. The molecule has 2 atom stereocenters. The maximum Gasteiger partial charge on any atom is 0.416 e. The SMILES string of the molecule is CC(C=O)[C@H](CN1CCC2(CC1)C(=O)N(C)C(=O)N2c1ccc(NC(=O)C2CC2)cc1)NC(=O)c1cc(C(F)(F)F)ccc1F. The number of carbonyl (C=O) groups excluding carboxylic acids is 5. The van der Waals surface area contributed by atoms with Crippen LogP contribution in [0.15, 0.2) is 42.5 Å². The molecule has 0 bridgehead atoms. The summed E-state index contributed by atoms with van der Waals surface area (Å²) in [6.07, 6.45) is -2.03. The van der Waals surface area contributed by atoms with Crippen LogP contribution in [0.1, 0.15) is 48.5 Å². The number of alkyl halides is 3. The van der Waals surface area contributed by atoms with Crippen LogP contribution in [0.3, 0.4) is 0 Å². The van der Waals surface area contributed by atoms with Gasteiger partial charge in [0.1, 0.15) is 17.6 Å². The van der Waals surface area contributed by atoms with Gasteiger partial charge in [0.2, 0.25) is 5.91 Å². The van der Waals surface area contributed by atoms with Gasteiger partial charge in [-0.05, 0) is 68.1 Å². The van der Waals surface area contributed by atoms with Gasteiger partial charge in [0.25, 0.3) is 11.8 Å². The molecule has 2 aliphatic heterocycles. The van der Waals surface area contributed by atoms with E-state index in [4.69, 9.17) is 0 Å². The molecule has 0 aromatic heterocycles. The summed E-state index contributed by atoms with van der Waals surface area (Å²) in [7, 11) is 1.41. The van der Waals surface area contributed by atoms with E-state index in [1.165, 1.54) is 18.9 Å². The first kappa shape index (κ1) is 32.1. The molecule has 2 saturated heterocycles. The topological polar surface area (TPSA) is 119 Å². The van der Waals surface area contributed by atoms with Gasteiger partial charge in [-0.25, -0.2) is 9.18 Å². The van der Waals surface area contributed by atoms with Gasteiger partial charge in [-0.15, -0.1) is 0 Å². The summed E-state index contributed by atoms with van der Waals surface area (Å²) in [6, 6.07) is 6.86. The van der Waals surface area contributed by atoms with E-state index in [0.717, 1.165) is 17.7 Å². The number of benzene rings is 2. The van der Waals surface area contributed by atoms with E-state index >= 15 is 0 Å². The molecule has 2 aromatic rings. The zero-order valence-corrected chi connectivity index (χ0v) is 24.7. The first-order valence-corrected chi connectivity index (χ1v) is 14.6. The van der Waals surface area contributed by atoms with Crippen molar-refractivity contribution in [2.45, 2.75) is 50.4 Å². The van der Waals surface area contributed by atoms with Crippen LogP contribution in [0.5, 0.6) is 0 Å². The third kappa shape index (κ3) is 6.42. The van der Waals surface area contributed by atoms with Crippen molar-refractivity contribution >= 4 is 41.4 Å². The fraction of sp³-hybridized carbons (Fsp3) is 0.452. The lowest BCUT2D eigenvalue weighted by Crippen LogP contribution is -2.58. The third-order valence-corrected chi connectivity index (χ3v) is 8.79. The van der Waals surface area contributed by atoms with Crippen molar-refractivity contribution in [3.8, 4) is 0 Å². The Morgan fingerprint density at radius 1 is 1.07 bits per heavy atom. The fourth-order valence-electron chi connectivity index (χ4n) is 5.85. The summed E-state index contributed by atoms with van der Waals surface area (Å²) in [6.45, 7) is 2.19. The minimum Gasteiger partial charge on any atom is -0.347 e. The molecule has 2 heterocycles. The van der Waals surface area contributed by atoms with E-state index in [2.05, 4.69) is 10.6 Å². The van der Waals surface area contributed by atoms with E-state index in [-0.39, 0.29) is 50.2 Å². The Labute approximate surface area is 256 Å².